The van der Waals surface area contributed by atoms with E-state index in [1.54, 1.807) is 0 Å². The predicted molar refractivity (Wildman–Crippen MR) is 495 cm³/mol. The van der Waals surface area contributed by atoms with Gasteiger partial charge in [0.25, 0.3) is 0 Å². The minimum absolute atomic E-state index is 0.474. The van der Waals surface area contributed by atoms with E-state index in [9.17, 15) is 0 Å². The van der Waals surface area contributed by atoms with E-state index in [-0.39, 0.29) is 0 Å². The molecule has 120 heavy (non-hydrogen) atoms. The van der Waals surface area contributed by atoms with Gasteiger partial charge in [0.1, 0.15) is 11.6 Å². The second kappa shape index (κ2) is 28.6. The topological polar surface area (TPSA) is 61.4 Å². The van der Waals surface area contributed by atoms with E-state index in [1.807, 2.05) is 18.2 Å². The minimum Gasteiger partial charge on any atom is -0.292 e. The van der Waals surface area contributed by atoms with Crippen LogP contribution in [0.2, 0.25) is 0 Å². The standard InChI is InChI=1S/2C57H37N3/c1-4-17-40(18-5-1)56-59-51-29-14-15-30-52(51)60(56)44-24-16-19-41(37-44)38-31-33-39(34-32-38)55-47-35-36-49-54(53(47)46-26-11-13-28-50(46)58-55)45-25-10-12-27-48(45)57(49,42-20-6-2-7-21-42)43-22-8-3-9-23-43;1-4-16-41(17-5-1)56-59-51-26-14-15-27-52(51)60(56)44-34-32-39(33-35-44)38-28-30-40(31-29-38)55-47-36-37-49-54(53(47)46-23-11-13-25-50(46)58-55)45-22-10-12-24-48(45)57(49,42-18-6-2-7-19-42)43-20-8-3-9-21-43/h2*1-37H. The first-order valence-corrected chi connectivity index (χ1v) is 41.2. The summed E-state index contributed by atoms with van der Waals surface area (Å²) in [5.74, 6) is 1.86. The molecule has 560 valence electrons. The molecule has 0 saturated carbocycles. The van der Waals surface area contributed by atoms with Crippen molar-refractivity contribution in [3.8, 4) is 101 Å². The van der Waals surface area contributed by atoms with Crippen LogP contribution in [0.1, 0.15) is 44.5 Å². The van der Waals surface area contributed by atoms with Gasteiger partial charge in [-0.05, 0) is 150 Å². The first-order valence-electron chi connectivity index (χ1n) is 41.2. The highest BCUT2D eigenvalue weighted by Crippen LogP contribution is 2.61. The summed E-state index contributed by atoms with van der Waals surface area (Å²) < 4.78 is 4.53. The number of rotatable bonds is 12. The molecule has 0 saturated heterocycles. The maximum absolute atomic E-state index is 5.42. The van der Waals surface area contributed by atoms with Gasteiger partial charge in [0.15, 0.2) is 0 Å². The smallest absolute Gasteiger partial charge is 0.145 e. The van der Waals surface area contributed by atoms with E-state index in [2.05, 4.69) is 440 Å². The van der Waals surface area contributed by atoms with Crippen molar-refractivity contribution in [3.63, 3.8) is 0 Å². The van der Waals surface area contributed by atoms with Gasteiger partial charge in [0, 0.05) is 65.9 Å². The average Bonchev–Trinajstić information content (AvgIpc) is 1.52. The number of aromatic nitrogens is 6. The molecule has 18 aromatic carbocycles. The van der Waals surface area contributed by atoms with Gasteiger partial charge in [-0.3, -0.25) is 9.13 Å². The van der Waals surface area contributed by atoms with Crippen molar-refractivity contribution in [1.82, 2.24) is 29.1 Å². The molecule has 0 bridgehead atoms. The summed E-state index contributed by atoms with van der Waals surface area (Å²) in [5.41, 5.74) is 33.6. The van der Waals surface area contributed by atoms with Crippen LogP contribution in [0.4, 0.5) is 0 Å². The average molecular weight is 1530 g/mol. The summed E-state index contributed by atoms with van der Waals surface area (Å²) >= 11 is 0. The first-order chi connectivity index (χ1) is 59.5. The Morgan fingerprint density at radius 2 is 0.517 bits per heavy atom. The van der Waals surface area contributed by atoms with Crippen LogP contribution in [0.15, 0.2) is 449 Å². The lowest BCUT2D eigenvalue weighted by Crippen LogP contribution is -2.28. The van der Waals surface area contributed by atoms with Gasteiger partial charge < -0.3 is 0 Å². The highest BCUT2D eigenvalue weighted by molar-refractivity contribution is 6.21. The molecule has 0 fully saturated rings. The molecule has 4 heterocycles. The van der Waals surface area contributed by atoms with E-state index < -0.39 is 10.8 Å². The number of fused-ring (bicyclic) bond motifs is 16. The SMILES string of the molecule is c1ccc(-c2nc3ccccc3n2-c2ccc(-c3ccc(-c4nc5ccccc5c5c6c(ccc45)C(c4ccccc4)(c4ccccc4)c4ccccc4-6)cc3)cc2)cc1.c1ccc(-c2nc3ccccc3n2-c2cccc(-c3ccc(-c4nc5ccccc5c5c6c(ccc45)C(c4ccccc4)(c4ccccc4)c4ccccc4-6)cc3)c2)cc1. The van der Waals surface area contributed by atoms with Gasteiger partial charge >= 0.3 is 0 Å². The molecule has 24 rings (SSSR count). The van der Waals surface area contributed by atoms with E-state index in [1.165, 1.54) is 77.5 Å². The van der Waals surface area contributed by atoms with E-state index in [4.69, 9.17) is 19.9 Å². The zero-order valence-corrected chi connectivity index (χ0v) is 65.4. The van der Waals surface area contributed by atoms with Gasteiger partial charge in [0.05, 0.1) is 55.3 Å². The fourth-order valence-corrected chi connectivity index (χ4v) is 19.8. The van der Waals surface area contributed by atoms with E-state index in [0.717, 1.165) is 134 Å². The fourth-order valence-electron chi connectivity index (χ4n) is 19.8. The lowest BCUT2D eigenvalue weighted by molar-refractivity contribution is 0.769. The molecular weight excluding hydrogens is 1450 g/mol. The number of hydrogen-bond donors (Lipinski definition) is 0. The van der Waals surface area contributed by atoms with Crippen LogP contribution < -0.4 is 0 Å². The molecule has 2 aliphatic rings. The third kappa shape index (κ3) is 11.0. The second-order valence-corrected chi connectivity index (χ2v) is 31.3. The zero-order chi connectivity index (χ0) is 79.2. The molecule has 6 nitrogen and oxygen atoms in total. The molecule has 0 unspecified atom stereocenters. The third-order valence-electron chi connectivity index (χ3n) is 25.0. The Morgan fingerprint density at radius 3 is 0.942 bits per heavy atom. The number of imidazole rings is 2. The van der Waals surface area contributed by atoms with Gasteiger partial charge in [-0.15, -0.1) is 0 Å². The zero-order valence-electron chi connectivity index (χ0n) is 65.4. The van der Waals surface area contributed by atoms with Gasteiger partial charge in [-0.1, -0.05) is 388 Å². The number of benzene rings is 18. The number of nitrogens with zero attached hydrogens (tertiary/aromatic N) is 6. The maximum Gasteiger partial charge on any atom is 0.145 e. The molecular formula is C114H74N6. The van der Waals surface area contributed by atoms with Crippen molar-refractivity contribution >= 4 is 65.4 Å². The Bertz CT molecular complexity index is 7640. The molecule has 2 aliphatic carbocycles. The molecule has 4 aromatic heterocycles. The Balaban J connectivity index is 0.000000140. The molecule has 0 spiro atoms. The van der Waals surface area contributed by atoms with Crippen LogP contribution in [-0.2, 0) is 10.8 Å². The highest BCUT2D eigenvalue weighted by atomic mass is 15.1. The number of pyridine rings is 2. The maximum atomic E-state index is 5.42. The summed E-state index contributed by atoms with van der Waals surface area (Å²) in [6.45, 7) is 0. The van der Waals surface area contributed by atoms with Crippen LogP contribution >= 0.6 is 0 Å². The van der Waals surface area contributed by atoms with Crippen LogP contribution in [0, 0.1) is 0 Å². The summed E-state index contributed by atoms with van der Waals surface area (Å²) in [6.07, 6.45) is 0. The normalized spacial score (nSPS) is 12.8. The summed E-state index contributed by atoms with van der Waals surface area (Å²) in [5, 5.41) is 7.11. The summed E-state index contributed by atoms with van der Waals surface area (Å²) in [6, 6.07) is 162. The van der Waals surface area contributed by atoms with Crippen molar-refractivity contribution in [2.24, 2.45) is 0 Å². The van der Waals surface area contributed by atoms with Crippen LogP contribution in [0.3, 0.4) is 0 Å². The Labute approximate surface area is 695 Å². The van der Waals surface area contributed by atoms with Gasteiger partial charge in [-0.2, -0.15) is 0 Å². The molecule has 0 amide bonds. The van der Waals surface area contributed by atoms with E-state index in [0.29, 0.717) is 0 Å². The van der Waals surface area contributed by atoms with Crippen molar-refractivity contribution < 1.29 is 0 Å². The van der Waals surface area contributed by atoms with Crippen molar-refractivity contribution in [3.05, 3.63) is 493 Å². The van der Waals surface area contributed by atoms with Gasteiger partial charge in [0.2, 0.25) is 0 Å². The summed E-state index contributed by atoms with van der Waals surface area (Å²) in [7, 11) is 0. The molecule has 0 atom stereocenters. The van der Waals surface area contributed by atoms with Crippen molar-refractivity contribution in [2.75, 3.05) is 0 Å². The first kappa shape index (κ1) is 69.7. The monoisotopic (exact) mass is 1530 g/mol. The van der Waals surface area contributed by atoms with Crippen molar-refractivity contribution in [1.29, 1.82) is 0 Å². The third-order valence-corrected chi connectivity index (χ3v) is 25.0. The Kier molecular flexibility index (Phi) is 16.6. The van der Waals surface area contributed by atoms with E-state index >= 15 is 0 Å². The summed E-state index contributed by atoms with van der Waals surface area (Å²) in [4.78, 5) is 20.9. The van der Waals surface area contributed by atoms with Gasteiger partial charge in [-0.25, -0.2) is 19.9 Å². The quantitative estimate of drug-likeness (QED) is 0.114. The molecule has 0 radical (unpaired) electrons. The molecule has 0 aliphatic heterocycles. The van der Waals surface area contributed by atoms with Crippen LogP contribution in [0.25, 0.3) is 167 Å². The van der Waals surface area contributed by atoms with Crippen LogP contribution in [0.5, 0.6) is 0 Å². The molecule has 0 N–H and O–H groups in total. The highest BCUT2D eigenvalue weighted by Gasteiger charge is 2.49. The largest absolute Gasteiger partial charge is 0.292 e. The predicted octanol–water partition coefficient (Wildman–Crippen LogP) is 28.2. The number of hydrogen-bond acceptors (Lipinski definition) is 4. The number of para-hydroxylation sites is 6. The second-order valence-electron chi connectivity index (χ2n) is 31.3. The Morgan fingerprint density at radius 1 is 0.192 bits per heavy atom. The van der Waals surface area contributed by atoms with Crippen molar-refractivity contribution in [2.45, 2.75) is 10.8 Å². The lowest BCUT2D eigenvalue weighted by atomic mass is 9.67. The molecule has 22 aromatic rings. The van der Waals surface area contributed by atoms with Crippen LogP contribution in [-0.4, -0.2) is 29.1 Å². The molecule has 6 heteroatoms. The Hall–Kier alpha value is -15.8. The lowest BCUT2D eigenvalue weighted by Gasteiger charge is -2.34. The fraction of sp³-hybridized carbons (Fsp3) is 0.0175. The minimum atomic E-state index is -0.478.